The minimum Gasteiger partial charge on any atom is -0.256 e. The van der Waals surface area contributed by atoms with Gasteiger partial charge in [0.1, 0.15) is 0 Å². The fraction of sp³-hybridized carbons (Fsp3) is 0.267. The zero-order chi connectivity index (χ0) is 14.0. The molecule has 0 unspecified atom stereocenters. The normalized spacial score (nSPS) is 13.4. The Labute approximate surface area is 107 Å². The van der Waals surface area contributed by atoms with E-state index in [0.29, 0.717) is 5.56 Å². The van der Waals surface area contributed by atoms with Crippen molar-refractivity contribution in [3.05, 3.63) is 48.2 Å². The van der Waals surface area contributed by atoms with Gasteiger partial charge in [-0.15, -0.1) is 0 Å². The molecule has 2 aromatic rings. The molecule has 0 fully saturated rings. The smallest absolute Gasteiger partial charge is 0.0796 e. The van der Waals surface area contributed by atoms with Crippen LogP contribution >= 0.6 is 0 Å². The second kappa shape index (κ2) is 4.45. The lowest BCUT2D eigenvalue weighted by Crippen LogP contribution is -2.37. The molecule has 0 aliphatic rings. The molecule has 0 aliphatic heterocycles. The van der Waals surface area contributed by atoms with Gasteiger partial charge in [-0.1, -0.05) is 55.5 Å². The Hall–Kier alpha value is -1.41. The molecule has 2 heteroatoms. The van der Waals surface area contributed by atoms with E-state index in [-0.39, 0.29) is 0 Å². The van der Waals surface area contributed by atoms with Crippen LogP contribution in [0.1, 0.15) is 8.30 Å². The van der Waals surface area contributed by atoms with Gasteiger partial charge in [0.2, 0.25) is 0 Å². The Morgan fingerprint density at radius 2 is 1.71 bits per heavy atom. The van der Waals surface area contributed by atoms with Crippen LogP contribution in [0.4, 0.5) is 0 Å². The standard InChI is InChI=1S/C15H19NSi/c1-12-5-7-13(8-6-12)15-10-9-14(11-16-15)17(2,3)4/h5-11H,1-4H3/i1D2. The number of nitrogens with zero attached hydrogens (tertiary/aromatic N) is 1. The van der Waals surface area contributed by atoms with Crippen LogP contribution in [-0.2, 0) is 0 Å². The molecule has 1 aromatic heterocycles. The van der Waals surface area contributed by atoms with E-state index in [1.54, 1.807) is 0 Å². The van der Waals surface area contributed by atoms with Crippen LogP contribution < -0.4 is 5.19 Å². The van der Waals surface area contributed by atoms with Gasteiger partial charge in [-0.3, -0.25) is 4.98 Å². The van der Waals surface area contributed by atoms with Gasteiger partial charge in [-0.25, -0.2) is 0 Å². The summed E-state index contributed by atoms with van der Waals surface area (Å²) < 4.78 is 14.7. The predicted octanol–water partition coefficient (Wildman–Crippen LogP) is 3.60. The van der Waals surface area contributed by atoms with Gasteiger partial charge in [0.05, 0.1) is 13.8 Å². The number of aromatic nitrogens is 1. The van der Waals surface area contributed by atoms with E-state index in [1.807, 2.05) is 30.5 Å². The van der Waals surface area contributed by atoms with Crippen molar-refractivity contribution in [3.63, 3.8) is 0 Å². The Morgan fingerprint density at radius 1 is 1.00 bits per heavy atom. The highest BCUT2D eigenvalue weighted by atomic mass is 28.3. The van der Waals surface area contributed by atoms with Crippen molar-refractivity contribution in [3.8, 4) is 11.3 Å². The van der Waals surface area contributed by atoms with E-state index in [4.69, 9.17) is 2.74 Å². The summed E-state index contributed by atoms with van der Waals surface area (Å²) >= 11 is 0. The second-order valence-electron chi connectivity index (χ2n) is 5.30. The summed E-state index contributed by atoms with van der Waals surface area (Å²) in [5.74, 6) is 0. The highest BCUT2D eigenvalue weighted by Crippen LogP contribution is 2.16. The van der Waals surface area contributed by atoms with Gasteiger partial charge in [0.15, 0.2) is 0 Å². The summed E-state index contributed by atoms with van der Waals surface area (Å²) in [6, 6.07) is 11.7. The number of pyridine rings is 1. The maximum atomic E-state index is 7.35. The molecule has 2 rings (SSSR count). The van der Waals surface area contributed by atoms with Crippen molar-refractivity contribution in [2.45, 2.75) is 26.5 Å². The van der Waals surface area contributed by atoms with Gasteiger partial charge < -0.3 is 0 Å². The third-order valence-corrected chi connectivity index (χ3v) is 4.86. The van der Waals surface area contributed by atoms with Gasteiger partial charge >= 0.3 is 0 Å². The van der Waals surface area contributed by atoms with E-state index < -0.39 is 14.9 Å². The van der Waals surface area contributed by atoms with Crippen molar-refractivity contribution < 1.29 is 2.74 Å². The molecule has 0 spiro atoms. The van der Waals surface area contributed by atoms with Crippen molar-refractivity contribution >= 4 is 13.3 Å². The monoisotopic (exact) mass is 243 g/mol. The largest absolute Gasteiger partial charge is 0.256 e. The lowest BCUT2D eigenvalue weighted by Gasteiger charge is -2.16. The molecule has 0 amide bonds. The van der Waals surface area contributed by atoms with Gasteiger partial charge in [-0.2, -0.15) is 0 Å². The van der Waals surface area contributed by atoms with E-state index >= 15 is 0 Å². The molecule has 1 aromatic carbocycles. The lowest BCUT2D eigenvalue weighted by molar-refractivity contribution is 1.33. The first-order valence-corrected chi connectivity index (χ1v) is 9.29. The molecule has 0 N–H and O–H groups in total. The Kier molecular flexibility index (Phi) is 2.52. The number of aryl methyl sites for hydroxylation is 1. The summed E-state index contributed by atoms with van der Waals surface area (Å²) in [6.45, 7) is 6.00. The summed E-state index contributed by atoms with van der Waals surface area (Å²) in [5, 5.41) is 1.35. The van der Waals surface area contributed by atoms with Gasteiger partial charge in [-0.05, 0) is 18.1 Å². The van der Waals surface area contributed by atoms with Gasteiger partial charge in [0, 0.05) is 14.5 Å². The molecule has 0 bridgehead atoms. The van der Waals surface area contributed by atoms with Crippen LogP contribution in [0.3, 0.4) is 0 Å². The molecule has 0 saturated carbocycles. The molecule has 0 radical (unpaired) electrons. The molecule has 17 heavy (non-hydrogen) atoms. The van der Waals surface area contributed by atoms with E-state index in [0.717, 1.165) is 11.3 Å². The molecule has 1 heterocycles. The van der Waals surface area contributed by atoms with E-state index in [1.165, 1.54) is 5.19 Å². The Morgan fingerprint density at radius 3 is 2.18 bits per heavy atom. The van der Waals surface area contributed by atoms with Gasteiger partial charge in [0.25, 0.3) is 0 Å². The summed E-state index contributed by atoms with van der Waals surface area (Å²) in [6.07, 6.45) is 1.98. The molecule has 88 valence electrons. The maximum absolute atomic E-state index is 7.35. The molecular weight excluding hydrogens is 222 g/mol. The average molecular weight is 243 g/mol. The predicted molar refractivity (Wildman–Crippen MR) is 77.4 cm³/mol. The SMILES string of the molecule is [2H]C([2H])c1ccc(-c2ccc([Si](C)(C)C)cn2)cc1. The minimum absolute atomic E-state index is 0.711. The first-order chi connectivity index (χ1) is 8.88. The third kappa shape index (κ3) is 2.83. The third-order valence-electron chi connectivity index (χ3n) is 2.84. The molecule has 1 nitrogen and oxygen atoms in total. The molecule has 0 aliphatic carbocycles. The molecule has 0 saturated heterocycles. The second-order valence-corrected chi connectivity index (χ2v) is 10.4. The van der Waals surface area contributed by atoms with Crippen molar-refractivity contribution in [1.82, 2.24) is 4.98 Å². The first kappa shape index (κ1) is 9.60. The Bertz CT molecular complexity index is 542. The fourth-order valence-corrected chi connectivity index (χ4v) is 2.70. The zero-order valence-corrected chi connectivity index (χ0v) is 11.6. The maximum Gasteiger partial charge on any atom is 0.0796 e. The van der Waals surface area contributed by atoms with Crippen LogP contribution in [0.25, 0.3) is 11.3 Å². The highest BCUT2D eigenvalue weighted by molar-refractivity contribution is 6.88. The molecule has 0 atom stereocenters. The number of hydrogen-bond donors (Lipinski definition) is 0. The Balaban J connectivity index is 2.27. The van der Waals surface area contributed by atoms with Crippen LogP contribution in [0.2, 0.25) is 19.6 Å². The van der Waals surface area contributed by atoms with Crippen LogP contribution in [0.5, 0.6) is 0 Å². The highest BCUT2D eigenvalue weighted by Gasteiger charge is 2.16. The quantitative estimate of drug-likeness (QED) is 0.734. The number of rotatable bonds is 2. The summed E-state index contributed by atoms with van der Waals surface area (Å²) in [4.78, 5) is 4.53. The number of hydrogen-bond acceptors (Lipinski definition) is 1. The number of benzene rings is 1. The minimum atomic E-state index is -1.29. The van der Waals surface area contributed by atoms with Crippen molar-refractivity contribution in [1.29, 1.82) is 0 Å². The summed E-state index contributed by atoms with van der Waals surface area (Å²) in [5.41, 5.74) is 2.69. The van der Waals surface area contributed by atoms with Crippen LogP contribution in [0, 0.1) is 6.88 Å². The van der Waals surface area contributed by atoms with Crippen molar-refractivity contribution in [2.24, 2.45) is 0 Å². The lowest BCUT2D eigenvalue weighted by atomic mass is 10.1. The summed E-state index contributed by atoms with van der Waals surface area (Å²) in [7, 11) is -1.29. The molecular formula is C15H19NSi. The average Bonchev–Trinajstić information content (AvgIpc) is 2.38. The first-order valence-electron chi connectivity index (χ1n) is 6.95. The van der Waals surface area contributed by atoms with Crippen LogP contribution in [-0.4, -0.2) is 13.1 Å². The van der Waals surface area contributed by atoms with Crippen molar-refractivity contribution in [2.75, 3.05) is 0 Å². The van der Waals surface area contributed by atoms with E-state index in [2.05, 4.69) is 36.8 Å². The zero-order valence-electron chi connectivity index (χ0n) is 12.6. The topological polar surface area (TPSA) is 12.9 Å². The van der Waals surface area contributed by atoms with E-state index in [9.17, 15) is 0 Å². The van der Waals surface area contributed by atoms with Crippen LogP contribution in [0.15, 0.2) is 42.6 Å². The fourth-order valence-electron chi connectivity index (χ4n) is 1.66.